The highest BCUT2D eigenvalue weighted by Gasteiger charge is 2.10. The van der Waals surface area contributed by atoms with Crippen molar-refractivity contribution < 1.29 is 4.74 Å². The molecule has 0 saturated heterocycles. The minimum Gasteiger partial charge on any atom is -0.496 e. The van der Waals surface area contributed by atoms with Crippen molar-refractivity contribution in [3.05, 3.63) is 47.0 Å². The summed E-state index contributed by atoms with van der Waals surface area (Å²) in [5.74, 6) is 0.929. The molecule has 2 nitrogen and oxygen atoms in total. The first-order valence-corrected chi connectivity index (χ1v) is 6.05. The number of benzene rings is 2. The molecule has 0 amide bonds. The van der Waals surface area contributed by atoms with E-state index in [2.05, 4.69) is 32.0 Å². The zero-order valence-electron chi connectivity index (χ0n) is 11.4. The Bertz CT molecular complexity index is 588. The first-order valence-electron chi connectivity index (χ1n) is 6.05. The van der Waals surface area contributed by atoms with E-state index in [0.29, 0.717) is 0 Å². The second-order valence-electron chi connectivity index (χ2n) is 4.66. The summed E-state index contributed by atoms with van der Waals surface area (Å²) in [6.45, 7) is 6.18. The lowest BCUT2D eigenvalue weighted by Crippen LogP contribution is -1.95. The molecule has 0 unspecified atom stereocenters. The van der Waals surface area contributed by atoms with E-state index >= 15 is 0 Å². The van der Waals surface area contributed by atoms with Gasteiger partial charge in [0.2, 0.25) is 0 Å². The molecule has 0 fully saturated rings. The summed E-state index contributed by atoms with van der Waals surface area (Å²) in [5.41, 5.74) is 12.5. The summed E-state index contributed by atoms with van der Waals surface area (Å²) in [6, 6.07) is 10.3. The number of nitrogens with two attached hydrogens (primary N) is 1. The average molecular weight is 241 g/mol. The molecule has 2 N–H and O–H groups in total. The lowest BCUT2D eigenvalue weighted by molar-refractivity contribution is 0.413. The van der Waals surface area contributed by atoms with Gasteiger partial charge in [0, 0.05) is 11.3 Å². The van der Waals surface area contributed by atoms with Crippen molar-refractivity contribution >= 4 is 5.69 Å². The fourth-order valence-electron chi connectivity index (χ4n) is 2.09. The Morgan fingerprint density at radius 3 is 2.22 bits per heavy atom. The summed E-state index contributed by atoms with van der Waals surface area (Å²) < 4.78 is 5.54. The van der Waals surface area contributed by atoms with Crippen LogP contribution in [-0.2, 0) is 0 Å². The predicted octanol–water partition coefficient (Wildman–Crippen LogP) is 3.87. The first-order chi connectivity index (χ1) is 8.54. The second-order valence-corrected chi connectivity index (χ2v) is 4.66. The molecule has 2 rings (SSSR count). The van der Waals surface area contributed by atoms with Crippen LogP contribution in [0.1, 0.15) is 16.7 Å². The summed E-state index contributed by atoms with van der Waals surface area (Å²) >= 11 is 0. The van der Waals surface area contributed by atoms with Crippen molar-refractivity contribution in [2.75, 3.05) is 12.8 Å². The highest BCUT2D eigenvalue weighted by molar-refractivity contribution is 5.76. The van der Waals surface area contributed by atoms with Crippen LogP contribution in [0.4, 0.5) is 5.69 Å². The van der Waals surface area contributed by atoms with E-state index in [1.54, 1.807) is 7.11 Å². The van der Waals surface area contributed by atoms with Crippen LogP contribution in [0.3, 0.4) is 0 Å². The molecule has 0 aliphatic rings. The van der Waals surface area contributed by atoms with Gasteiger partial charge < -0.3 is 10.5 Å². The van der Waals surface area contributed by atoms with Gasteiger partial charge in [-0.05, 0) is 49.1 Å². The number of anilines is 1. The van der Waals surface area contributed by atoms with Crippen LogP contribution in [0.5, 0.6) is 5.75 Å². The molecule has 0 heterocycles. The van der Waals surface area contributed by atoms with Crippen molar-refractivity contribution in [2.45, 2.75) is 20.8 Å². The van der Waals surface area contributed by atoms with Gasteiger partial charge in [0.15, 0.2) is 0 Å². The van der Waals surface area contributed by atoms with Crippen molar-refractivity contribution in [3.8, 4) is 16.9 Å². The van der Waals surface area contributed by atoms with Crippen molar-refractivity contribution in [3.63, 3.8) is 0 Å². The quantitative estimate of drug-likeness (QED) is 0.810. The third-order valence-corrected chi connectivity index (χ3v) is 3.47. The fraction of sp³-hybridized carbons (Fsp3) is 0.250. The van der Waals surface area contributed by atoms with Crippen LogP contribution in [0.15, 0.2) is 30.3 Å². The Morgan fingerprint density at radius 1 is 0.944 bits per heavy atom. The lowest BCUT2D eigenvalue weighted by atomic mass is 9.97. The van der Waals surface area contributed by atoms with E-state index in [-0.39, 0.29) is 0 Å². The van der Waals surface area contributed by atoms with Crippen LogP contribution >= 0.6 is 0 Å². The van der Waals surface area contributed by atoms with Gasteiger partial charge in [-0.3, -0.25) is 0 Å². The molecule has 2 heteroatoms. The van der Waals surface area contributed by atoms with Crippen LogP contribution in [-0.4, -0.2) is 7.11 Å². The fourth-order valence-corrected chi connectivity index (χ4v) is 2.09. The SMILES string of the molecule is COc1c(-c2ccc(C)c(N)c2)ccc(C)c1C. The summed E-state index contributed by atoms with van der Waals surface area (Å²) in [4.78, 5) is 0. The van der Waals surface area contributed by atoms with Gasteiger partial charge in [0.05, 0.1) is 7.11 Å². The maximum Gasteiger partial charge on any atom is 0.129 e. The zero-order valence-corrected chi connectivity index (χ0v) is 11.4. The zero-order chi connectivity index (χ0) is 13.3. The Kier molecular flexibility index (Phi) is 3.28. The number of nitrogen functional groups attached to an aromatic ring is 1. The number of hydrogen-bond acceptors (Lipinski definition) is 2. The van der Waals surface area contributed by atoms with Crippen molar-refractivity contribution in [2.24, 2.45) is 0 Å². The van der Waals surface area contributed by atoms with E-state index in [0.717, 1.165) is 28.1 Å². The predicted molar refractivity (Wildman–Crippen MR) is 77.1 cm³/mol. The summed E-state index contributed by atoms with van der Waals surface area (Å²) in [6.07, 6.45) is 0. The molecule has 18 heavy (non-hydrogen) atoms. The molecule has 2 aromatic carbocycles. The van der Waals surface area contributed by atoms with Gasteiger partial charge in [-0.1, -0.05) is 24.3 Å². The van der Waals surface area contributed by atoms with Gasteiger partial charge in [-0.2, -0.15) is 0 Å². The van der Waals surface area contributed by atoms with E-state index in [1.807, 2.05) is 19.1 Å². The van der Waals surface area contributed by atoms with Crippen molar-refractivity contribution in [1.82, 2.24) is 0 Å². The Morgan fingerprint density at radius 2 is 1.61 bits per heavy atom. The number of rotatable bonds is 2. The standard InChI is InChI=1S/C16H19NO/c1-10-6-8-14(16(18-4)12(10)3)13-7-5-11(2)15(17)9-13/h5-9H,17H2,1-4H3. The molecular weight excluding hydrogens is 222 g/mol. The molecule has 0 aromatic heterocycles. The van der Waals surface area contributed by atoms with Gasteiger partial charge >= 0.3 is 0 Å². The van der Waals surface area contributed by atoms with Crippen molar-refractivity contribution in [1.29, 1.82) is 0 Å². The van der Waals surface area contributed by atoms with Crippen LogP contribution in [0.25, 0.3) is 11.1 Å². The van der Waals surface area contributed by atoms with E-state index in [4.69, 9.17) is 10.5 Å². The third-order valence-electron chi connectivity index (χ3n) is 3.47. The van der Waals surface area contributed by atoms with Crippen LogP contribution in [0, 0.1) is 20.8 Å². The van der Waals surface area contributed by atoms with E-state index in [9.17, 15) is 0 Å². The second kappa shape index (κ2) is 4.73. The topological polar surface area (TPSA) is 35.2 Å². The van der Waals surface area contributed by atoms with E-state index < -0.39 is 0 Å². The van der Waals surface area contributed by atoms with E-state index in [1.165, 1.54) is 11.1 Å². The Balaban J connectivity index is 2.63. The molecule has 0 radical (unpaired) electrons. The summed E-state index contributed by atoms with van der Waals surface area (Å²) in [5, 5.41) is 0. The Labute approximate surface area is 108 Å². The molecule has 0 bridgehead atoms. The average Bonchev–Trinajstić information content (AvgIpc) is 2.36. The van der Waals surface area contributed by atoms with Crippen LogP contribution < -0.4 is 10.5 Å². The monoisotopic (exact) mass is 241 g/mol. The highest BCUT2D eigenvalue weighted by Crippen LogP contribution is 2.35. The molecule has 0 aliphatic carbocycles. The van der Waals surface area contributed by atoms with Gasteiger partial charge in [-0.15, -0.1) is 0 Å². The highest BCUT2D eigenvalue weighted by atomic mass is 16.5. The normalized spacial score (nSPS) is 10.4. The summed E-state index contributed by atoms with van der Waals surface area (Å²) in [7, 11) is 1.71. The molecule has 94 valence electrons. The number of methoxy groups -OCH3 is 1. The minimum atomic E-state index is 0.813. The molecule has 2 aromatic rings. The maximum atomic E-state index is 5.98. The van der Waals surface area contributed by atoms with Gasteiger partial charge in [-0.25, -0.2) is 0 Å². The third kappa shape index (κ3) is 2.06. The first kappa shape index (κ1) is 12.5. The molecule has 0 spiro atoms. The van der Waals surface area contributed by atoms with Gasteiger partial charge in [0.1, 0.15) is 5.75 Å². The Hall–Kier alpha value is -1.96. The largest absolute Gasteiger partial charge is 0.496 e. The smallest absolute Gasteiger partial charge is 0.129 e. The maximum absolute atomic E-state index is 5.98. The number of ether oxygens (including phenoxy) is 1. The van der Waals surface area contributed by atoms with Gasteiger partial charge in [0.25, 0.3) is 0 Å². The number of aryl methyl sites for hydroxylation is 2. The molecule has 0 saturated carbocycles. The number of hydrogen-bond donors (Lipinski definition) is 1. The van der Waals surface area contributed by atoms with Crippen LogP contribution in [0.2, 0.25) is 0 Å². The lowest BCUT2D eigenvalue weighted by Gasteiger charge is -2.14. The molecular formula is C16H19NO. The molecule has 0 aliphatic heterocycles. The molecule has 0 atom stereocenters. The minimum absolute atomic E-state index is 0.813.